The fourth-order valence-electron chi connectivity index (χ4n) is 4.24. The number of benzene rings is 2. The van der Waals surface area contributed by atoms with Gasteiger partial charge in [0.2, 0.25) is 0 Å². The second kappa shape index (κ2) is 11.0. The third kappa shape index (κ3) is 5.55. The number of rotatable bonds is 4. The van der Waals surface area contributed by atoms with Gasteiger partial charge in [-0.15, -0.1) is 0 Å². The van der Waals surface area contributed by atoms with Crippen LogP contribution in [-0.2, 0) is 25.3 Å². The lowest BCUT2D eigenvalue weighted by molar-refractivity contribution is -0.231. The van der Waals surface area contributed by atoms with E-state index < -0.39 is 48.4 Å². The van der Waals surface area contributed by atoms with E-state index in [0.717, 1.165) is 15.7 Å². The lowest BCUT2D eigenvalue weighted by Crippen LogP contribution is -2.55. The Labute approximate surface area is 217 Å². The van der Waals surface area contributed by atoms with Crippen molar-refractivity contribution in [3.8, 4) is 11.8 Å². The summed E-state index contributed by atoms with van der Waals surface area (Å²) in [6, 6.07) is 12.5. The molecule has 1 aliphatic rings. The number of aryl methyl sites for hydroxylation is 1. The number of nitrogens with zero attached hydrogens (tertiary/aromatic N) is 2. The number of halogens is 1. The van der Waals surface area contributed by atoms with Crippen molar-refractivity contribution < 1.29 is 25.2 Å². The zero-order valence-electron chi connectivity index (χ0n) is 20.2. The summed E-state index contributed by atoms with van der Waals surface area (Å²) >= 11 is 6.42. The molecule has 1 saturated heterocycles. The van der Waals surface area contributed by atoms with E-state index in [9.17, 15) is 30.0 Å². The molecule has 4 N–H and O–H groups in total. The minimum atomic E-state index is -1.47. The van der Waals surface area contributed by atoms with E-state index >= 15 is 0 Å². The van der Waals surface area contributed by atoms with Crippen LogP contribution in [0.5, 0.6) is 0 Å². The highest BCUT2D eigenvalue weighted by molar-refractivity contribution is 6.31. The zero-order chi connectivity index (χ0) is 26.9. The van der Waals surface area contributed by atoms with Crippen LogP contribution in [0, 0.1) is 11.8 Å². The van der Waals surface area contributed by atoms with E-state index in [0.29, 0.717) is 22.6 Å². The van der Waals surface area contributed by atoms with Gasteiger partial charge in [0.05, 0.1) is 6.61 Å². The minimum absolute atomic E-state index is 0.213. The van der Waals surface area contributed by atoms with E-state index in [-0.39, 0.29) is 5.56 Å². The molecule has 0 aliphatic carbocycles. The summed E-state index contributed by atoms with van der Waals surface area (Å²) < 4.78 is 7.97. The minimum Gasteiger partial charge on any atom is -0.394 e. The predicted molar refractivity (Wildman–Crippen MR) is 136 cm³/mol. The molecule has 4 rings (SSSR count). The highest BCUT2D eigenvalue weighted by atomic mass is 35.5. The van der Waals surface area contributed by atoms with Gasteiger partial charge in [-0.3, -0.25) is 9.36 Å². The average molecular weight is 527 g/mol. The van der Waals surface area contributed by atoms with Crippen molar-refractivity contribution in [1.82, 2.24) is 9.13 Å². The fourth-order valence-corrected chi connectivity index (χ4v) is 4.43. The standard InChI is InChI=1S/C27H27ClN2O7/c1-29-13-18(26(35)30(2)27(29)36)8-7-15-3-5-16(6-4-15)11-19-12-17(9-10-20(19)28)25-24(34)23(33)22(32)21(14-31)37-25/h3-6,9-10,12-13,21-25,31-34H,11,14H2,1-2H3/t21-,22-,23?,24-,25+/m1/s1. The molecule has 2 heterocycles. The molecule has 0 bridgehead atoms. The molecule has 0 radical (unpaired) electrons. The molecule has 0 amide bonds. The number of hydrogen-bond donors (Lipinski definition) is 4. The number of aromatic nitrogens is 2. The Kier molecular flexibility index (Phi) is 7.99. The van der Waals surface area contributed by atoms with Crippen LogP contribution < -0.4 is 11.2 Å². The van der Waals surface area contributed by atoms with Gasteiger partial charge in [0.15, 0.2) is 0 Å². The molecule has 2 aromatic carbocycles. The summed E-state index contributed by atoms with van der Waals surface area (Å²) in [5.41, 5.74) is 2.25. The molecule has 1 aliphatic heterocycles. The van der Waals surface area contributed by atoms with Crippen molar-refractivity contribution in [2.24, 2.45) is 14.1 Å². The molecule has 9 nitrogen and oxygen atoms in total. The molecular formula is C27H27ClN2O7. The average Bonchev–Trinajstić information content (AvgIpc) is 2.90. The van der Waals surface area contributed by atoms with Crippen molar-refractivity contribution in [3.63, 3.8) is 0 Å². The second-order valence-corrected chi connectivity index (χ2v) is 9.43. The molecule has 5 atom stereocenters. The lowest BCUT2D eigenvalue weighted by Gasteiger charge is -2.40. The Morgan fingerprint density at radius 1 is 0.973 bits per heavy atom. The lowest BCUT2D eigenvalue weighted by atomic mass is 9.90. The molecule has 10 heteroatoms. The molecular weight excluding hydrogens is 500 g/mol. The Bertz CT molecular complexity index is 1470. The van der Waals surface area contributed by atoms with Gasteiger partial charge in [-0.25, -0.2) is 4.79 Å². The van der Waals surface area contributed by atoms with Gasteiger partial charge in [0, 0.05) is 30.9 Å². The smallest absolute Gasteiger partial charge is 0.330 e. The monoisotopic (exact) mass is 526 g/mol. The van der Waals surface area contributed by atoms with E-state index in [1.807, 2.05) is 24.3 Å². The van der Waals surface area contributed by atoms with Crippen molar-refractivity contribution in [3.05, 3.63) is 102 Å². The molecule has 0 saturated carbocycles. The molecule has 1 unspecified atom stereocenters. The molecule has 1 aromatic heterocycles. The Morgan fingerprint density at radius 2 is 1.68 bits per heavy atom. The van der Waals surface area contributed by atoms with Crippen LogP contribution in [0.2, 0.25) is 5.02 Å². The highest BCUT2D eigenvalue weighted by Gasteiger charge is 2.44. The van der Waals surface area contributed by atoms with Crippen LogP contribution in [0.1, 0.15) is 33.9 Å². The first-order valence-electron chi connectivity index (χ1n) is 11.6. The summed E-state index contributed by atoms with van der Waals surface area (Å²) in [6.07, 6.45) is -4.36. The van der Waals surface area contributed by atoms with Crippen molar-refractivity contribution >= 4 is 11.6 Å². The Morgan fingerprint density at radius 3 is 2.35 bits per heavy atom. The van der Waals surface area contributed by atoms with Gasteiger partial charge >= 0.3 is 5.69 Å². The first kappa shape index (κ1) is 26.8. The highest BCUT2D eigenvalue weighted by Crippen LogP contribution is 2.34. The van der Waals surface area contributed by atoms with E-state index in [1.165, 1.54) is 17.8 Å². The molecule has 194 valence electrons. The maximum atomic E-state index is 12.3. The number of aliphatic hydroxyl groups is 4. The first-order chi connectivity index (χ1) is 17.6. The SMILES string of the molecule is Cn1cc(C#Cc2ccc(Cc3cc([C@@H]4O[C@H](CO)[C@@H](O)C(O)[C@H]4O)ccc3Cl)cc2)c(=O)n(C)c1=O. The number of hydrogen-bond acceptors (Lipinski definition) is 7. The maximum absolute atomic E-state index is 12.3. The molecule has 3 aromatic rings. The molecule has 37 heavy (non-hydrogen) atoms. The third-order valence-electron chi connectivity index (χ3n) is 6.43. The number of aliphatic hydroxyl groups excluding tert-OH is 4. The molecule has 1 fully saturated rings. The summed E-state index contributed by atoms with van der Waals surface area (Å²) in [5, 5.41) is 40.6. The van der Waals surface area contributed by atoms with Gasteiger partial charge in [-0.1, -0.05) is 47.7 Å². The Hall–Kier alpha value is -3.23. The summed E-state index contributed by atoms with van der Waals surface area (Å²) in [7, 11) is 2.96. The summed E-state index contributed by atoms with van der Waals surface area (Å²) in [4.78, 5) is 24.1. The van der Waals surface area contributed by atoms with Gasteiger partial charge in [-0.05, 0) is 41.3 Å². The van der Waals surface area contributed by atoms with Crippen LogP contribution in [-0.4, -0.2) is 60.6 Å². The first-order valence-corrected chi connectivity index (χ1v) is 11.9. The zero-order valence-corrected chi connectivity index (χ0v) is 21.0. The van der Waals surface area contributed by atoms with Crippen LogP contribution in [0.15, 0.2) is 58.3 Å². The van der Waals surface area contributed by atoms with E-state index in [4.69, 9.17) is 16.3 Å². The van der Waals surface area contributed by atoms with Crippen LogP contribution in [0.3, 0.4) is 0 Å². The van der Waals surface area contributed by atoms with E-state index in [2.05, 4.69) is 11.8 Å². The Balaban J connectivity index is 1.54. The third-order valence-corrected chi connectivity index (χ3v) is 6.80. The van der Waals surface area contributed by atoms with Crippen LogP contribution in [0.25, 0.3) is 0 Å². The van der Waals surface area contributed by atoms with E-state index in [1.54, 1.807) is 25.2 Å². The maximum Gasteiger partial charge on any atom is 0.330 e. The van der Waals surface area contributed by atoms with Crippen molar-refractivity contribution in [1.29, 1.82) is 0 Å². The second-order valence-electron chi connectivity index (χ2n) is 9.02. The van der Waals surface area contributed by atoms with Crippen molar-refractivity contribution in [2.45, 2.75) is 36.9 Å². The molecule has 0 spiro atoms. The summed E-state index contributed by atoms with van der Waals surface area (Å²) in [5.74, 6) is 5.76. The summed E-state index contributed by atoms with van der Waals surface area (Å²) in [6.45, 7) is -0.506. The predicted octanol–water partition coefficient (Wildman–Crippen LogP) is 0.243. The van der Waals surface area contributed by atoms with Crippen LogP contribution >= 0.6 is 11.6 Å². The van der Waals surface area contributed by atoms with Gasteiger partial charge in [0.1, 0.15) is 36.1 Å². The quantitative estimate of drug-likeness (QED) is 0.358. The van der Waals surface area contributed by atoms with Gasteiger partial charge in [0.25, 0.3) is 5.56 Å². The van der Waals surface area contributed by atoms with Crippen LogP contribution in [0.4, 0.5) is 0 Å². The van der Waals surface area contributed by atoms with Crippen molar-refractivity contribution in [2.75, 3.05) is 6.61 Å². The van der Waals surface area contributed by atoms with Gasteiger partial charge < -0.3 is 29.7 Å². The fraction of sp³-hybridized carbons (Fsp3) is 0.333. The van der Waals surface area contributed by atoms with Gasteiger partial charge in [-0.2, -0.15) is 0 Å². The normalized spacial score (nSPS) is 23.4. The largest absolute Gasteiger partial charge is 0.394 e. The number of ether oxygens (including phenoxy) is 1. The topological polar surface area (TPSA) is 134 Å².